The van der Waals surface area contributed by atoms with Gasteiger partial charge in [-0.2, -0.15) is 0 Å². The van der Waals surface area contributed by atoms with Gasteiger partial charge in [0.05, 0.1) is 0 Å². The Morgan fingerprint density at radius 1 is 1.29 bits per heavy atom. The molecule has 2 rings (SSSR count). The van der Waals surface area contributed by atoms with Crippen molar-refractivity contribution in [2.45, 2.75) is 46.1 Å². The number of carbonyl (C=O) groups excluding carboxylic acids is 2. The van der Waals surface area contributed by atoms with Gasteiger partial charge in [0.25, 0.3) is 0 Å². The summed E-state index contributed by atoms with van der Waals surface area (Å²) in [5.74, 6) is 0.432. The molecule has 2 amide bonds. The zero-order chi connectivity index (χ0) is 15.6. The lowest BCUT2D eigenvalue weighted by Crippen LogP contribution is -2.60. The van der Waals surface area contributed by atoms with Crippen molar-refractivity contribution in [1.82, 2.24) is 5.32 Å². The van der Waals surface area contributed by atoms with E-state index in [2.05, 4.69) is 25.2 Å². The van der Waals surface area contributed by atoms with Crippen LogP contribution in [-0.4, -0.2) is 24.4 Å². The summed E-state index contributed by atoms with van der Waals surface area (Å²) in [5.41, 5.74) is 1.99. The van der Waals surface area contributed by atoms with E-state index in [1.165, 1.54) is 5.56 Å². The highest BCUT2D eigenvalue weighted by atomic mass is 16.2. The molecule has 1 aliphatic heterocycles. The Morgan fingerprint density at radius 3 is 2.62 bits per heavy atom. The molecule has 1 aromatic rings. The molecule has 0 bridgehead atoms. The van der Waals surface area contributed by atoms with E-state index < -0.39 is 6.04 Å². The monoisotopic (exact) mass is 288 g/mol. The number of carbonyl (C=O) groups is 2. The van der Waals surface area contributed by atoms with Crippen LogP contribution in [0.4, 0.5) is 5.69 Å². The Hall–Kier alpha value is -1.84. The number of rotatable bonds is 4. The van der Waals surface area contributed by atoms with Gasteiger partial charge in [-0.15, -0.1) is 0 Å². The molecule has 1 heterocycles. The lowest BCUT2D eigenvalue weighted by Gasteiger charge is -2.35. The molecule has 21 heavy (non-hydrogen) atoms. The third-order valence-electron chi connectivity index (χ3n) is 4.21. The molecular formula is C17H24N2O2. The first-order chi connectivity index (χ1) is 9.93. The molecule has 0 spiro atoms. The molecule has 0 aliphatic carbocycles. The first-order valence-electron chi connectivity index (χ1n) is 7.64. The maximum Gasteiger partial charge on any atom is 0.250 e. The minimum absolute atomic E-state index is 0.00939. The maximum absolute atomic E-state index is 12.7. The van der Waals surface area contributed by atoms with E-state index in [0.717, 1.165) is 12.1 Å². The van der Waals surface area contributed by atoms with E-state index in [4.69, 9.17) is 0 Å². The van der Waals surface area contributed by atoms with Crippen LogP contribution in [0.25, 0.3) is 0 Å². The minimum Gasteiger partial charge on any atom is -0.342 e. The Balaban J connectivity index is 2.31. The molecule has 4 nitrogen and oxygen atoms in total. The second-order valence-electron chi connectivity index (χ2n) is 6.10. The third kappa shape index (κ3) is 3.26. The van der Waals surface area contributed by atoms with Crippen molar-refractivity contribution in [3.8, 4) is 0 Å². The van der Waals surface area contributed by atoms with E-state index in [-0.39, 0.29) is 24.3 Å². The Labute approximate surface area is 126 Å². The normalized spacial score (nSPS) is 20.6. The summed E-state index contributed by atoms with van der Waals surface area (Å²) in [7, 11) is 0. The molecule has 1 N–H and O–H groups in total. The van der Waals surface area contributed by atoms with Crippen LogP contribution in [0.1, 0.15) is 45.6 Å². The number of benzene rings is 1. The number of hydrogen-bond acceptors (Lipinski definition) is 2. The zero-order valence-electron chi connectivity index (χ0n) is 13.2. The largest absolute Gasteiger partial charge is 0.342 e. The van der Waals surface area contributed by atoms with Crippen molar-refractivity contribution >= 4 is 17.5 Å². The zero-order valence-corrected chi connectivity index (χ0v) is 13.2. The number of amides is 2. The first-order valence-corrected chi connectivity index (χ1v) is 7.64. The average molecular weight is 288 g/mol. The highest BCUT2D eigenvalue weighted by Gasteiger charge is 2.36. The fraction of sp³-hybridized carbons (Fsp3) is 0.529. The predicted octanol–water partition coefficient (Wildman–Crippen LogP) is 2.69. The van der Waals surface area contributed by atoms with Crippen molar-refractivity contribution in [1.29, 1.82) is 0 Å². The highest BCUT2D eigenvalue weighted by Crippen LogP contribution is 2.24. The van der Waals surface area contributed by atoms with Crippen molar-refractivity contribution < 1.29 is 9.59 Å². The highest BCUT2D eigenvalue weighted by molar-refractivity contribution is 6.06. The molecule has 2 atom stereocenters. The Kier molecular flexibility index (Phi) is 4.66. The standard InChI is InChI=1S/C17H24N2O2/c1-5-12(4)16-17(21)19(10-15(20)18-16)14-8-6-7-13(9-14)11(2)3/h6-9,11-12,16H,5,10H2,1-4H3,(H,18,20). The van der Waals surface area contributed by atoms with Crippen LogP contribution >= 0.6 is 0 Å². The first kappa shape index (κ1) is 15.5. The van der Waals surface area contributed by atoms with E-state index in [1.54, 1.807) is 4.90 Å². The molecule has 0 radical (unpaired) electrons. The van der Waals surface area contributed by atoms with E-state index in [0.29, 0.717) is 5.92 Å². The van der Waals surface area contributed by atoms with Crippen LogP contribution in [-0.2, 0) is 9.59 Å². The second-order valence-corrected chi connectivity index (χ2v) is 6.10. The van der Waals surface area contributed by atoms with Gasteiger partial charge >= 0.3 is 0 Å². The van der Waals surface area contributed by atoms with Gasteiger partial charge in [-0.05, 0) is 29.5 Å². The number of nitrogens with one attached hydrogen (secondary N) is 1. The summed E-state index contributed by atoms with van der Waals surface area (Å²) >= 11 is 0. The maximum atomic E-state index is 12.7. The van der Waals surface area contributed by atoms with Gasteiger partial charge in [-0.3, -0.25) is 9.59 Å². The van der Waals surface area contributed by atoms with Crippen LogP contribution in [0.15, 0.2) is 24.3 Å². The van der Waals surface area contributed by atoms with Gasteiger partial charge < -0.3 is 10.2 Å². The van der Waals surface area contributed by atoms with Crippen molar-refractivity contribution in [2.24, 2.45) is 5.92 Å². The van der Waals surface area contributed by atoms with E-state index in [1.807, 2.05) is 32.0 Å². The molecule has 2 unspecified atom stereocenters. The topological polar surface area (TPSA) is 49.4 Å². The number of anilines is 1. The predicted molar refractivity (Wildman–Crippen MR) is 84.3 cm³/mol. The fourth-order valence-corrected chi connectivity index (χ4v) is 2.56. The Morgan fingerprint density at radius 2 is 2.00 bits per heavy atom. The molecular weight excluding hydrogens is 264 g/mol. The molecule has 0 saturated carbocycles. The molecule has 1 aromatic carbocycles. The van der Waals surface area contributed by atoms with E-state index >= 15 is 0 Å². The quantitative estimate of drug-likeness (QED) is 0.926. The summed E-state index contributed by atoms with van der Waals surface area (Å²) in [6, 6.07) is 7.49. The SMILES string of the molecule is CCC(C)C1NC(=O)CN(c2cccc(C(C)C)c2)C1=O. The summed E-state index contributed by atoms with van der Waals surface area (Å²) in [6.45, 7) is 8.37. The van der Waals surface area contributed by atoms with Gasteiger partial charge in [0.2, 0.25) is 11.8 Å². The van der Waals surface area contributed by atoms with Crippen LogP contribution in [0.3, 0.4) is 0 Å². The number of hydrogen-bond donors (Lipinski definition) is 1. The Bertz CT molecular complexity index is 539. The summed E-state index contributed by atoms with van der Waals surface area (Å²) in [5, 5.41) is 2.82. The van der Waals surface area contributed by atoms with Crippen LogP contribution < -0.4 is 10.2 Å². The number of nitrogens with zero attached hydrogens (tertiary/aromatic N) is 1. The van der Waals surface area contributed by atoms with Crippen LogP contribution in [0.2, 0.25) is 0 Å². The molecule has 114 valence electrons. The second kappa shape index (κ2) is 6.29. The van der Waals surface area contributed by atoms with Crippen molar-refractivity contribution in [3.63, 3.8) is 0 Å². The molecule has 0 aromatic heterocycles. The van der Waals surface area contributed by atoms with Crippen molar-refractivity contribution in [3.05, 3.63) is 29.8 Å². The summed E-state index contributed by atoms with van der Waals surface area (Å²) in [6.07, 6.45) is 0.858. The lowest BCUT2D eigenvalue weighted by molar-refractivity contribution is -0.132. The smallest absolute Gasteiger partial charge is 0.250 e. The van der Waals surface area contributed by atoms with Gasteiger partial charge in [0, 0.05) is 5.69 Å². The molecule has 4 heteroatoms. The lowest BCUT2D eigenvalue weighted by atomic mass is 9.95. The molecule has 1 saturated heterocycles. The minimum atomic E-state index is -0.418. The van der Waals surface area contributed by atoms with Crippen molar-refractivity contribution in [2.75, 3.05) is 11.4 Å². The average Bonchev–Trinajstić information content (AvgIpc) is 2.48. The van der Waals surface area contributed by atoms with Gasteiger partial charge in [0.15, 0.2) is 0 Å². The van der Waals surface area contributed by atoms with Gasteiger partial charge in [0.1, 0.15) is 12.6 Å². The third-order valence-corrected chi connectivity index (χ3v) is 4.21. The fourth-order valence-electron chi connectivity index (χ4n) is 2.56. The van der Waals surface area contributed by atoms with Crippen LogP contribution in [0, 0.1) is 5.92 Å². The van der Waals surface area contributed by atoms with E-state index in [9.17, 15) is 9.59 Å². The number of piperazine rings is 1. The molecule has 1 fully saturated rings. The summed E-state index contributed by atoms with van der Waals surface area (Å²) < 4.78 is 0. The van der Waals surface area contributed by atoms with Gasteiger partial charge in [-0.1, -0.05) is 46.2 Å². The summed E-state index contributed by atoms with van der Waals surface area (Å²) in [4.78, 5) is 26.2. The molecule has 1 aliphatic rings. The van der Waals surface area contributed by atoms with Gasteiger partial charge in [-0.25, -0.2) is 0 Å². The van der Waals surface area contributed by atoms with Crippen LogP contribution in [0.5, 0.6) is 0 Å².